The zero-order valence-corrected chi connectivity index (χ0v) is 19.5. The molecule has 0 aliphatic carbocycles. The van der Waals surface area contributed by atoms with Gasteiger partial charge >= 0.3 is 0 Å². The molecule has 0 aliphatic heterocycles. The number of hydrogen-bond acceptors (Lipinski definition) is 3. The summed E-state index contributed by atoms with van der Waals surface area (Å²) in [5.41, 5.74) is 27.9. The van der Waals surface area contributed by atoms with Crippen molar-refractivity contribution in [3.8, 4) is 0 Å². The lowest BCUT2D eigenvalue weighted by molar-refractivity contribution is 0.943. The van der Waals surface area contributed by atoms with Crippen LogP contribution in [0.25, 0.3) is 0 Å². The maximum Gasteiger partial charge on any atom is 0.0360 e. The molecule has 0 fully saturated rings. The van der Waals surface area contributed by atoms with Crippen molar-refractivity contribution in [1.29, 1.82) is 0 Å². The molecule has 0 saturated heterocycles. The summed E-state index contributed by atoms with van der Waals surface area (Å²) in [6.07, 6.45) is 0. The maximum absolute atomic E-state index is 6.65. The van der Waals surface area contributed by atoms with E-state index in [1.54, 1.807) is 0 Å². The van der Waals surface area contributed by atoms with E-state index in [2.05, 4.69) is 84.9 Å². The molecule has 5 aromatic rings. The lowest BCUT2D eigenvalue weighted by Crippen LogP contribution is -2.10. The molecule has 0 heterocycles. The van der Waals surface area contributed by atoms with Crippen molar-refractivity contribution >= 4 is 17.1 Å². The number of rotatable bonds is 6. The van der Waals surface area contributed by atoms with E-state index in [0.717, 1.165) is 28.2 Å². The van der Waals surface area contributed by atoms with Crippen LogP contribution >= 0.6 is 0 Å². The molecule has 0 aromatic heterocycles. The Kier molecular flexibility index (Phi) is 6.23. The van der Waals surface area contributed by atoms with Crippen molar-refractivity contribution in [3.05, 3.63) is 161 Å². The van der Waals surface area contributed by atoms with Crippen LogP contribution in [0, 0.1) is 0 Å². The van der Waals surface area contributed by atoms with Crippen LogP contribution in [0.5, 0.6) is 0 Å². The molecule has 2 atom stereocenters. The third-order valence-corrected chi connectivity index (χ3v) is 6.56. The second-order valence-corrected chi connectivity index (χ2v) is 8.91. The first-order valence-electron chi connectivity index (χ1n) is 11.8. The molecule has 5 rings (SSSR count). The van der Waals surface area contributed by atoms with E-state index in [4.69, 9.17) is 17.2 Å². The Morgan fingerprint density at radius 2 is 0.771 bits per heavy atom. The summed E-state index contributed by atoms with van der Waals surface area (Å²) >= 11 is 0. The molecule has 0 aliphatic rings. The molecule has 0 saturated carbocycles. The van der Waals surface area contributed by atoms with Crippen LogP contribution in [0.2, 0.25) is 0 Å². The van der Waals surface area contributed by atoms with E-state index in [1.807, 2.05) is 42.5 Å². The molecule has 3 heteroatoms. The Morgan fingerprint density at radius 3 is 1.29 bits per heavy atom. The average Bonchev–Trinajstić information content (AvgIpc) is 2.89. The van der Waals surface area contributed by atoms with Gasteiger partial charge in [0, 0.05) is 28.9 Å². The molecule has 172 valence electrons. The van der Waals surface area contributed by atoms with Crippen LogP contribution in [-0.4, -0.2) is 0 Å². The highest BCUT2D eigenvalue weighted by Gasteiger charge is 2.23. The monoisotopic (exact) mass is 455 g/mol. The SMILES string of the molecule is Nc1ccc(C(c2ccccc2)c2ccc(N)c(C(c3ccccc3)c3ccc(N)cc3)c2)cc1. The van der Waals surface area contributed by atoms with Crippen LogP contribution < -0.4 is 17.2 Å². The van der Waals surface area contributed by atoms with Gasteiger partial charge in [0.2, 0.25) is 0 Å². The van der Waals surface area contributed by atoms with E-state index < -0.39 is 0 Å². The van der Waals surface area contributed by atoms with Gasteiger partial charge < -0.3 is 17.2 Å². The summed E-state index contributed by atoms with van der Waals surface area (Å²) in [7, 11) is 0. The lowest BCUT2D eigenvalue weighted by Gasteiger charge is -2.24. The smallest absolute Gasteiger partial charge is 0.0360 e. The van der Waals surface area contributed by atoms with E-state index in [0.29, 0.717) is 0 Å². The maximum atomic E-state index is 6.65. The van der Waals surface area contributed by atoms with Crippen molar-refractivity contribution < 1.29 is 0 Å². The van der Waals surface area contributed by atoms with Gasteiger partial charge in [-0.2, -0.15) is 0 Å². The molecule has 5 aromatic carbocycles. The fourth-order valence-electron chi connectivity index (χ4n) is 4.82. The standard InChI is InChI=1S/C32H29N3/c33-27-16-11-24(12-17-27)31(22-7-3-1-4-8-22)26-15-20-30(35)29(21-26)32(23-9-5-2-6-10-23)25-13-18-28(34)19-14-25/h1-21,31-32H,33-35H2. The van der Waals surface area contributed by atoms with Gasteiger partial charge in [0.15, 0.2) is 0 Å². The molecule has 3 nitrogen and oxygen atoms in total. The average molecular weight is 456 g/mol. The number of nitrogens with two attached hydrogens (primary N) is 3. The van der Waals surface area contributed by atoms with E-state index in [9.17, 15) is 0 Å². The quantitative estimate of drug-likeness (QED) is 0.195. The highest BCUT2D eigenvalue weighted by molar-refractivity contribution is 5.60. The Balaban J connectivity index is 1.69. The summed E-state index contributed by atoms with van der Waals surface area (Å²) in [6.45, 7) is 0. The van der Waals surface area contributed by atoms with Crippen molar-refractivity contribution in [2.24, 2.45) is 0 Å². The van der Waals surface area contributed by atoms with Gasteiger partial charge in [-0.3, -0.25) is 0 Å². The van der Waals surface area contributed by atoms with Crippen LogP contribution in [-0.2, 0) is 0 Å². The molecule has 0 amide bonds. The Morgan fingerprint density at radius 1 is 0.371 bits per heavy atom. The van der Waals surface area contributed by atoms with Crippen molar-refractivity contribution in [2.75, 3.05) is 17.2 Å². The largest absolute Gasteiger partial charge is 0.399 e. The minimum absolute atomic E-state index is 0.0143. The molecular weight excluding hydrogens is 426 g/mol. The van der Waals surface area contributed by atoms with Crippen LogP contribution in [0.15, 0.2) is 127 Å². The van der Waals surface area contributed by atoms with Crippen molar-refractivity contribution in [1.82, 2.24) is 0 Å². The Hall–Kier alpha value is -4.50. The van der Waals surface area contributed by atoms with Gasteiger partial charge in [-0.1, -0.05) is 97.1 Å². The molecule has 35 heavy (non-hydrogen) atoms. The van der Waals surface area contributed by atoms with Gasteiger partial charge in [0.25, 0.3) is 0 Å². The number of anilines is 3. The molecule has 6 N–H and O–H groups in total. The second kappa shape index (κ2) is 9.78. The minimum Gasteiger partial charge on any atom is -0.399 e. The fourth-order valence-corrected chi connectivity index (χ4v) is 4.82. The first kappa shape index (κ1) is 22.3. The molecule has 0 spiro atoms. The zero-order valence-electron chi connectivity index (χ0n) is 19.5. The summed E-state index contributed by atoms with van der Waals surface area (Å²) in [4.78, 5) is 0. The topological polar surface area (TPSA) is 78.1 Å². The lowest BCUT2D eigenvalue weighted by atomic mass is 9.80. The summed E-state index contributed by atoms with van der Waals surface area (Å²) < 4.78 is 0. The van der Waals surface area contributed by atoms with E-state index in [-0.39, 0.29) is 11.8 Å². The highest BCUT2D eigenvalue weighted by Crippen LogP contribution is 2.39. The first-order chi connectivity index (χ1) is 17.1. The number of hydrogen-bond donors (Lipinski definition) is 3. The molecular formula is C32H29N3. The number of nitrogen functional groups attached to an aromatic ring is 3. The third kappa shape index (κ3) is 4.75. The zero-order chi connectivity index (χ0) is 24.2. The molecule has 2 unspecified atom stereocenters. The Bertz CT molecular complexity index is 1390. The van der Waals surface area contributed by atoms with E-state index >= 15 is 0 Å². The molecule has 0 bridgehead atoms. The van der Waals surface area contributed by atoms with Crippen molar-refractivity contribution in [2.45, 2.75) is 11.8 Å². The summed E-state index contributed by atoms with van der Waals surface area (Å²) in [5.74, 6) is 0.0404. The van der Waals surface area contributed by atoms with E-state index in [1.165, 1.54) is 22.3 Å². The fraction of sp³-hybridized carbons (Fsp3) is 0.0625. The van der Waals surface area contributed by atoms with Crippen LogP contribution in [0.1, 0.15) is 45.2 Å². The van der Waals surface area contributed by atoms with Gasteiger partial charge in [-0.15, -0.1) is 0 Å². The predicted molar refractivity (Wildman–Crippen MR) is 147 cm³/mol. The normalized spacial score (nSPS) is 12.7. The van der Waals surface area contributed by atoms with Crippen LogP contribution in [0.4, 0.5) is 17.1 Å². The van der Waals surface area contributed by atoms with Gasteiger partial charge in [-0.05, 0) is 63.7 Å². The predicted octanol–water partition coefficient (Wildman–Crippen LogP) is 6.79. The van der Waals surface area contributed by atoms with Gasteiger partial charge in [0.1, 0.15) is 0 Å². The summed E-state index contributed by atoms with van der Waals surface area (Å²) in [6, 6.07) is 43.7. The molecule has 0 radical (unpaired) electrons. The number of benzene rings is 5. The summed E-state index contributed by atoms with van der Waals surface area (Å²) in [5, 5.41) is 0. The van der Waals surface area contributed by atoms with Crippen LogP contribution in [0.3, 0.4) is 0 Å². The second-order valence-electron chi connectivity index (χ2n) is 8.91. The van der Waals surface area contributed by atoms with Gasteiger partial charge in [0.05, 0.1) is 0 Å². The highest BCUT2D eigenvalue weighted by atomic mass is 14.6. The Labute approximate surface area is 206 Å². The first-order valence-corrected chi connectivity index (χ1v) is 11.8. The minimum atomic E-state index is -0.0143. The van der Waals surface area contributed by atoms with Gasteiger partial charge in [-0.25, -0.2) is 0 Å². The third-order valence-electron chi connectivity index (χ3n) is 6.56. The van der Waals surface area contributed by atoms with Crippen molar-refractivity contribution in [3.63, 3.8) is 0 Å².